The number of rotatable bonds is 4. The van der Waals surface area contributed by atoms with Gasteiger partial charge in [0.25, 0.3) is 5.91 Å². The normalized spacial score (nSPS) is 15.3. The number of nitrogens with one attached hydrogen (secondary N) is 2. The lowest BCUT2D eigenvalue weighted by Gasteiger charge is -2.11. The van der Waals surface area contributed by atoms with Crippen LogP contribution in [0.25, 0.3) is 11.0 Å². The van der Waals surface area contributed by atoms with E-state index in [2.05, 4.69) is 10.3 Å². The Morgan fingerprint density at radius 1 is 1.32 bits per heavy atom. The van der Waals surface area contributed by atoms with Crippen molar-refractivity contribution in [2.24, 2.45) is 0 Å². The summed E-state index contributed by atoms with van der Waals surface area (Å²) in [6, 6.07) is 5.15. The lowest BCUT2D eigenvalue weighted by Crippen LogP contribution is -2.29. The second kappa shape index (κ2) is 5.67. The van der Waals surface area contributed by atoms with Crippen LogP contribution in [-0.2, 0) is 4.79 Å². The molecule has 1 heterocycles. The number of imidazole rings is 1. The topological polar surface area (TPSA) is 104 Å². The maximum atomic E-state index is 12.2. The van der Waals surface area contributed by atoms with Crippen LogP contribution in [0.2, 0.25) is 0 Å². The van der Waals surface area contributed by atoms with Gasteiger partial charge in [-0.3, -0.25) is 14.2 Å². The first kappa shape index (κ1) is 14.4. The number of amides is 1. The first-order chi connectivity index (χ1) is 10.6. The molecule has 3 rings (SSSR count). The molecule has 1 fully saturated rings. The van der Waals surface area contributed by atoms with Crippen LogP contribution in [0.15, 0.2) is 23.0 Å². The number of carbonyl (C=O) groups is 2. The SMILES string of the molecule is O=C(O)CNC(=O)c1ccc2c(c1)[nH]c(=O)n2C1CCCC1. The largest absolute Gasteiger partial charge is 0.480 e. The number of nitrogens with zero attached hydrogens (tertiary/aromatic N) is 1. The van der Waals surface area contributed by atoms with Crippen molar-refractivity contribution in [3.63, 3.8) is 0 Å². The van der Waals surface area contributed by atoms with E-state index in [1.54, 1.807) is 22.8 Å². The number of hydrogen-bond donors (Lipinski definition) is 3. The second-order valence-electron chi connectivity index (χ2n) is 5.55. The van der Waals surface area contributed by atoms with E-state index < -0.39 is 18.4 Å². The summed E-state index contributed by atoms with van der Waals surface area (Å²) in [6.07, 6.45) is 4.24. The maximum absolute atomic E-state index is 12.2. The Hall–Kier alpha value is -2.57. The van der Waals surface area contributed by atoms with Crippen molar-refractivity contribution in [3.8, 4) is 0 Å². The number of aliphatic carboxylic acids is 1. The van der Waals surface area contributed by atoms with E-state index in [-0.39, 0.29) is 11.7 Å². The Bertz CT molecular complexity index is 784. The van der Waals surface area contributed by atoms with Crippen LogP contribution >= 0.6 is 0 Å². The molecule has 1 aromatic carbocycles. The van der Waals surface area contributed by atoms with Crippen molar-refractivity contribution in [2.75, 3.05) is 6.54 Å². The molecular weight excluding hydrogens is 286 g/mol. The molecule has 0 radical (unpaired) electrons. The molecule has 116 valence electrons. The van der Waals surface area contributed by atoms with Gasteiger partial charge in [-0.15, -0.1) is 0 Å². The van der Waals surface area contributed by atoms with Crippen LogP contribution in [0.4, 0.5) is 0 Å². The van der Waals surface area contributed by atoms with E-state index >= 15 is 0 Å². The monoisotopic (exact) mass is 303 g/mol. The number of carbonyl (C=O) groups excluding carboxylic acids is 1. The van der Waals surface area contributed by atoms with Gasteiger partial charge in [0.05, 0.1) is 11.0 Å². The van der Waals surface area contributed by atoms with E-state index in [1.165, 1.54) is 0 Å². The molecule has 0 bridgehead atoms. The van der Waals surface area contributed by atoms with Gasteiger partial charge >= 0.3 is 11.7 Å². The standard InChI is InChI=1S/C15H17N3O4/c19-13(20)8-16-14(21)9-5-6-12-11(7-9)17-15(22)18(12)10-3-1-2-4-10/h5-7,10H,1-4,8H2,(H,16,21)(H,17,22)(H,19,20). The minimum atomic E-state index is -1.10. The van der Waals surface area contributed by atoms with E-state index in [0.717, 1.165) is 31.2 Å². The lowest BCUT2D eigenvalue weighted by molar-refractivity contribution is -0.135. The van der Waals surface area contributed by atoms with E-state index in [0.29, 0.717) is 11.1 Å². The molecule has 0 aliphatic heterocycles. The zero-order valence-electron chi connectivity index (χ0n) is 12.0. The minimum absolute atomic E-state index is 0.162. The third-order valence-corrected chi connectivity index (χ3v) is 4.07. The van der Waals surface area contributed by atoms with Crippen molar-refractivity contribution in [1.29, 1.82) is 0 Å². The highest BCUT2D eigenvalue weighted by Crippen LogP contribution is 2.30. The second-order valence-corrected chi connectivity index (χ2v) is 5.55. The van der Waals surface area contributed by atoms with Crippen LogP contribution in [0.5, 0.6) is 0 Å². The molecule has 0 saturated heterocycles. The average molecular weight is 303 g/mol. The lowest BCUT2D eigenvalue weighted by atomic mass is 10.1. The highest BCUT2D eigenvalue weighted by molar-refractivity contribution is 5.98. The molecule has 0 unspecified atom stereocenters. The predicted molar refractivity (Wildman–Crippen MR) is 80.0 cm³/mol. The number of carboxylic acids is 1. The van der Waals surface area contributed by atoms with Crippen molar-refractivity contribution >= 4 is 22.9 Å². The van der Waals surface area contributed by atoms with E-state index in [9.17, 15) is 14.4 Å². The summed E-state index contributed by atoms with van der Waals surface area (Å²) in [4.78, 5) is 37.3. The number of aromatic amines is 1. The first-order valence-corrected chi connectivity index (χ1v) is 7.30. The molecule has 1 saturated carbocycles. The van der Waals surface area contributed by atoms with Gasteiger partial charge in [0.1, 0.15) is 6.54 Å². The smallest absolute Gasteiger partial charge is 0.326 e. The highest BCUT2D eigenvalue weighted by Gasteiger charge is 2.21. The van der Waals surface area contributed by atoms with Crippen LogP contribution in [0.1, 0.15) is 42.1 Å². The predicted octanol–water partition coefficient (Wildman–Crippen LogP) is 1.26. The molecule has 7 nitrogen and oxygen atoms in total. The van der Waals surface area contributed by atoms with Crippen LogP contribution in [0.3, 0.4) is 0 Å². The van der Waals surface area contributed by atoms with Crippen molar-refractivity contribution in [2.45, 2.75) is 31.7 Å². The number of H-pyrrole nitrogens is 1. The molecular formula is C15H17N3O4. The summed E-state index contributed by atoms with van der Waals surface area (Å²) < 4.78 is 1.77. The van der Waals surface area contributed by atoms with Crippen LogP contribution in [0, 0.1) is 0 Å². The van der Waals surface area contributed by atoms with Gasteiger partial charge in [0.2, 0.25) is 0 Å². The molecule has 7 heteroatoms. The summed E-state index contributed by atoms with van der Waals surface area (Å²) in [6.45, 7) is -0.434. The van der Waals surface area contributed by atoms with Crippen molar-refractivity contribution in [3.05, 3.63) is 34.2 Å². The van der Waals surface area contributed by atoms with Crippen molar-refractivity contribution < 1.29 is 14.7 Å². The van der Waals surface area contributed by atoms with Crippen LogP contribution < -0.4 is 11.0 Å². The molecule has 1 amide bonds. The summed E-state index contributed by atoms with van der Waals surface area (Å²) in [5, 5.41) is 10.9. The molecule has 0 atom stereocenters. The van der Waals surface area contributed by atoms with Gasteiger partial charge in [0.15, 0.2) is 0 Å². The maximum Gasteiger partial charge on any atom is 0.326 e. The number of fused-ring (bicyclic) bond motifs is 1. The van der Waals surface area contributed by atoms with Gasteiger partial charge in [-0.1, -0.05) is 12.8 Å². The number of carboxylic acid groups (broad SMARTS) is 1. The summed E-state index contributed by atoms with van der Waals surface area (Å²) in [5.41, 5.74) is 1.55. The number of aromatic nitrogens is 2. The van der Waals surface area contributed by atoms with Gasteiger partial charge in [-0.2, -0.15) is 0 Å². The molecule has 1 aromatic heterocycles. The van der Waals surface area contributed by atoms with Gasteiger partial charge < -0.3 is 15.4 Å². The third-order valence-electron chi connectivity index (χ3n) is 4.07. The Balaban J connectivity index is 1.93. The molecule has 2 aromatic rings. The van der Waals surface area contributed by atoms with Gasteiger partial charge in [-0.05, 0) is 31.0 Å². The van der Waals surface area contributed by atoms with Crippen LogP contribution in [-0.4, -0.2) is 33.1 Å². The third kappa shape index (κ3) is 2.61. The molecule has 0 spiro atoms. The summed E-state index contributed by atoms with van der Waals surface area (Å²) in [5.74, 6) is -1.58. The fourth-order valence-corrected chi connectivity index (χ4v) is 3.06. The molecule has 3 N–H and O–H groups in total. The average Bonchev–Trinajstić information content (AvgIpc) is 3.09. The molecule has 1 aliphatic rings. The first-order valence-electron chi connectivity index (χ1n) is 7.30. The fraction of sp³-hybridized carbons (Fsp3) is 0.400. The number of benzene rings is 1. The fourth-order valence-electron chi connectivity index (χ4n) is 3.06. The molecule has 22 heavy (non-hydrogen) atoms. The number of hydrogen-bond acceptors (Lipinski definition) is 3. The summed E-state index contributed by atoms with van der Waals surface area (Å²) in [7, 11) is 0. The zero-order valence-corrected chi connectivity index (χ0v) is 12.0. The highest BCUT2D eigenvalue weighted by atomic mass is 16.4. The van der Waals surface area contributed by atoms with Gasteiger partial charge in [-0.25, -0.2) is 4.79 Å². The zero-order chi connectivity index (χ0) is 15.7. The van der Waals surface area contributed by atoms with Gasteiger partial charge in [0, 0.05) is 11.6 Å². The Morgan fingerprint density at radius 3 is 2.73 bits per heavy atom. The van der Waals surface area contributed by atoms with Crippen molar-refractivity contribution in [1.82, 2.24) is 14.9 Å². The Morgan fingerprint density at radius 2 is 2.05 bits per heavy atom. The minimum Gasteiger partial charge on any atom is -0.480 e. The Labute approximate surface area is 125 Å². The molecule has 1 aliphatic carbocycles. The van der Waals surface area contributed by atoms with E-state index in [4.69, 9.17) is 5.11 Å². The van der Waals surface area contributed by atoms with E-state index in [1.807, 2.05) is 0 Å². The summed E-state index contributed by atoms with van der Waals surface area (Å²) >= 11 is 0. The Kier molecular flexibility index (Phi) is 3.70. The quantitative estimate of drug-likeness (QED) is 0.790.